The van der Waals surface area contributed by atoms with Gasteiger partial charge in [-0.25, -0.2) is 4.79 Å². The third-order valence-corrected chi connectivity index (χ3v) is 9.04. The summed E-state index contributed by atoms with van der Waals surface area (Å²) in [7, 11) is 2.99. The molecule has 6 nitrogen and oxygen atoms in total. The van der Waals surface area contributed by atoms with E-state index in [4.69, 9.17) is 9.47 Å². The van der Waals surface area contributed by atoms with E-state index in [9.17, 15) is 9.59 Å². The van der Waals surface area contributed by atoms with Crippen LogP contribution >= 0.6 is 15.9 Å². The number of carbonyl (C=O) groups is 2. The molecule has 0 saturated carbocycles. The van der Waals surface area contributed by atoms with Gasteiger partial charge in [-0.2, -0.15) is 0 Å². The van der Waals surface area contributed by atoms with Crippen molar-refractivity contribution < 1.29 is 19.1 Å². The molecule has 0 N–H and O–H groups in total. The molecule has 2 fully saturated rings. The van der Waals surface area contributed by atoms with E-state index in [1.54, 1.807) is 13.4 Å². The molecule has 0 bridgehead atoms. The number of rotatable bonds is 10. The predicted octanol–water partition coefficient (Wildman–Crippen LogP) is 5.05. The summed E-state index contributed by atoms with van der Waals surface area (Å²) in [6.07, 6.45) is 8.60. The Morgan fingerprint density at radius 1 is 1.20 bits per heavy atom. The average molecular weight is 548 g/mol. The monoisotopic (exact) mass is 546 g/mol. The molecule has 0 aliphatic carbocycles. The molecule has 0 unspecified atom stereocenters. The molecule has 4 rings (SSSR count). The number of methoxy groups -OCH3 is 2. The molecule has 35 heavy (non-hydrogen) atoms. The Hall–Kier alpha value is -1.86. The molecule has 1 amide bonds. The molecule has 0 aromatic heterocycles. The molecule has 3 aliphatic rings. The van der Waals surface area contributed by atoms with E-state index in [-0.39, 0.29) is 23.8 Å². The highest BCUT2D eigenvalue weighted by atomic mass is 79.9. The van der Waals surface area contributed by atoms with E-state index in [1.165, 1.54) is 25.5 Å². The fraction of sp³-hybridized carbons (Fsp3) is 0.643. The van der Waals surface area contributed by atoms with Gasteiger partial charge in [-0.05, 0) is 55.7 Å². The number of amides is 1. The van der Waals surface area contributed by atoms with Crippen LogP contribution in [0.5, 0.6) is 0 Å². The molecule has 1 aromatic rings. The van der Waals surface area contributed by atoms with E-state index < -0.39 is 5.41 Å². The van der Waals surface area contributed by atoms with Gasteiger partial charge in [-0.15, -0.1) is 0 Å². The number of anilines is 1. The van der Waals surface area contributed by atoms with Gasteiger partial charge in [0.15, 0.2) is 0 Å². The second kappa shape index (κ2) is 11.5. The van der Waals surface area contributed by atoms with Crippen LogP contribution in [0.15, 0.2) is 36.1 Å². The molecule has 192 valence electrons. The zero-order chi connectivity index (χ0) is 25.0. The first-order valence-corrected chi connectivity index (χ1v) is 14.2. The van der Waals surface area contributed by atoms with Crippen LogP contribution in [0.2, 0.25) is 0 Å². The highest BCUT2D eigenvalue weighted by Gasteiger charge is 2.61. The first kappa shape index (κ1) is 26.2. The van der Waals surface area contributed by atoms with Crippen molar-refractivity contribution in [2.45, 2.75) is 63.3 Å². The Morgan fingerprint density at radius 3 is 2.69 bits per heavy atom. The minimum absolute atomic E-state index is 0.00175. The first-order chi connectivity index (χ1) is 17.0. The molecule has 1 aromatic carbocycles. The van der Waals surface area contributed by atoms with Crippen LogP contribution < -0.4 is 4.90 Å². The van der Waals surface area contributed by atoms with Crippen molar-refractivity contribution in [1.29, 1.82) is 0 Å². The van der Waals surface area contributed by atoms with E-state index in [0.717, 1.165) is 62.8 Å². The summed E-state index contributed by atoms with van der Waals surface area (Å²) >= 11 is 3.51. The largest absolute Gasteiger partial charge is 0.504 e. The smallest absolute Gasteiger partial charge is 0.337 e. The van der Waals surface area contributed by atoms with Gasteiger partial charge in [0.05, 0.1) is 31.5 Å². The Bertz CT molecular complexity index is 951. The third-order valence-electron chi connectivity index (χ3n) is 8.48. The van der Waals surface area contributed by atoms with Crippen LogP contribution in [0.4, 0.5) is 5.69 Å². The lowest BCUT2D eigenvalue weighted by molar-refractivity contribution is -0.137. The lowest BCUT2D eigenvalue weighted by Gasteiger charge is -2.45. The fourth-order valence-corrected chi connectivity index (χ4v) is 7.16. The minimum atomic E-state index is -0.544. The molecule has 3 aliphatic heterocycles. The lowest BCUT2D eigenvalue weighted by atomic mass is 9.67. The van der Waals surface area contributed by atoms with Crippen LogP contribution in [0.25, 0.3) is 0 Å². The Kier molecular flexibility index (Phi) is 8.59. The maximum absolute atomic E-state index is 14.3. The molecule has 4 atom stereocenters. The van der Waals surface area contributed by atoms with Gasteiger partial charge in [0, 0.05) is 30.1 Å². The molecule has 1 spiro atoms. The topological polar surface area (TPSA) is 59.1 Å². The maximum atomic E-state index is 14.3. The van der Waals surface area contributed by atoms with E-state index >= 15 is 0 Å². The van der Waals surface area contributed by atoms with Gasteiger partial charge in [-0.1, -0.05) is 60.3 Å². The number of benzene rings is 1. The van der Waals surface area contributed by atoms with Crippen LogP contribution in [0.3, 0.4) is 0 Å². The summed E-state index contributed by atoms with van der Waals surface area (Å²) in [5, 5.41) is 1.03. The summed E-state index contributed by atoms with van der Waals surface area (Å²) in [5.74, 6) is 0.232. The van der Waals surface area contributed by atoms with Gasteiger partial charge >= 0.3 is 5.97 Å². The average Bonchev–Trinajstić information content (AvgIpc) is 3.37. The van der Waals surface area contributed by atoms with Gasteiger partial charge in [0.25, 0.3) is 0 Å². The normalized spacial score (nSPS) is 28.3. The SMILES string of the molecule is CC[C@H]1CN2CC[C@]3(C(=O)N(CCCCCCBr)c4ccccc43)[C@H]2C[C@@H]1/C(=C\OC)C(=O)OC. The van der Waals surface area contributed by atoms with E-state index in [1.807, 2.05) is 6.07 Å². The molecule has 3 heterocycles. The van der Waals surface area contributed by atoms with Crippen LogP contribution in [0, 0.1) is 11.8 Å². The molecule has 2 saturated heterocycles. The van der Waals surface area contributed by atoms with Crippen molar-refractivity contribution in [2.24, 2.45) is 11.8 Å². The van der Waals surface area contributed by atoms with Crippen molar-refractivity contribution in [2.75, 3.05) is 44.1 Å². The predicted molar refractivity (Wildman–Crippen MR) is 142 cm³/mol. The van der Waals surface area contributed by atoms with Gasteiger partial charge in [-0.3, -0.25) is 9.69 Å². The van der Waals surface area contributed by atoms with Crippen molar-refractivity contribution in [3.8, 4) is 0 Å². The standard InChI is InChI=1S/C28H39BrN2O4/c1-4-20-18-30-16-13-28(25(30)17-21(20)22(19-34-2)26(32)35-3)23-11-7-8-12-24(23)31(27(28)33)15-10-6-5-9-14-29/h7-8,11-12,19-21,25H,4-6,9-10,13-18H2,1-3H3/b22-19+/t20-,21-,25+,28+/m0/s1. The molecular formula is C28H39BrN2O4. The number of unbranched alkanes of at least 4 members (excludes halogenated alkanes) is 3. The minimum Gasteiger partial charge on any atom is -0.504 e. The van der Waals surface area contributed by atoms with Crippen LogP contribution in [-0.4, -0.2) is 62.0 Å². The summed E-state index contributed by atoms with van der Waals surface area (Å²) in [6.45, 7) is 4.74. The van der Waals surface area contributed by atoms with Gasteiger partial charge in [0.1, 0.15) is 0 Å². The van der Waals surface area contributed by atoms with Gasteiger partial charge in [0.2, 0.25) is 5.91 Å². The number of ether oxygens (including phenoxy) is 2. The van der Waals surface area contributed by atoms with E-state index in [2.05, 4.69) is 50.9 Å². The fourth-order valence-electron chi connectivity index (χ4n) is 6.77. The summed E-state index contributed by atoms with van der Waals surface area (Å²) in [5.41, 5.74) is 2.29. The lowest BCUT2D eigenvalue weighted by Crippen LogP contribution is -2.55. The second-order valence-corrected chi connectivity index (χ2v) is 10.9. The number of alkyl halides is 1. The van der Waals surface area contributed by atoms with E-state index in [0.29, 0.717) is 11.5 Å². The quantitative estimate of drug-likeness (QED) is 0.135. The maximum Gasteiger partial charge on any atom is 0.337 e. The highest BCUT2D eigenvalue weighted by Crippen LogP contribution is 2.55. The zero-order valence-corrected chi connectivity index (χ0v) is 22.9. The van der Waals surface area contributed by atoms with Crippen LogP contribution in [0.1, 0.15) is 57.4 Å². The Balaban J connectivity index is 1.65. The zero-order valence-electron chi connectivity index (χ0n) is 21.3. The summed E-state index contributed by atoms with van der Waals surface area (Å²) < 4.78 is 10.4. The summed E-state index contributed by atoms with van der Waals surface area (Å²) in [6, 6.07) is 8.45. The number of piperidine rings is 1. The molecule has 0 radical (unpaired) electrons. The number of fused-ring (bicyclic) bond motifs is 4. The number of para-hydroxylation sites is 1. The number of hydrogen-bond donors (Lipinski definition) is 0. The van der Waals surface area contributed by atoms with Crippen molar-refractivity contribution in [1.82, 2.24) is 4.90 Å². The first-order valence-electron chi connectivity index (χ1n) is 13.1. The number of carbonyl (C=O) groups excluding carboxylic acids is 2. The Morgan fingerprint density at radius 2 is 1.97 bits per heavy atom. The summed E-state index contributed by atoms with van der Waals surface area (Å²) in [4.78, 5) is 31.5. The third kappa shape index (κ3) is 4.66. The van der Waals surface area contributed by atoms with Gasteiger partial charge < -0.3 is 14.4 Å². The molecular weight excluding hydrogens is 508 g/mol. The number of hydrogen-bond acceptors (Lipinski definition) is 5. The Labute approximate surface area is 218 Å². The number of halogens is 1. The van der Waals surface area contributed by atoms with Crippen molar-refractivity contribution in [3.05, 3.63) is 41.7 Å². The van der Waals surface area contributed by atoms with Crippen molar-refractivity contribution in [3.63, 3.8) is 0 Å². The molecule has 7 heteroatoms. The van der Waals surface area contributed by atoms with Crippen molar-refractivity contribution >= 4 is 33.5 Å². The highest BCUT2D eigenvalue weighted by molar-refractivity contribution is 9.09. The van der Waals surface area contributed by atoms with Crippen LogP contribution in [-0.2, 0) is 24.5 Å². The second-order valence-electron chi connectivity index (χ2n) is 10.1. The number of esters is 1. The number of nitrogens with zero attached hydrogens (tertiary/aromatic N) is 2.